The van der Waals surface area contributed by atoms with Crippen molar-refractivity contribution >= 4 is 17.9 Å². The Morgan fingerprint density at radius 3 is 1.49 bits per heavy atom. The van der Waals surface area contributed by atoms with Crippen molar-refractivity contribution in [2.75, 3.05) is 26.2 Å². The van der Waals surface area contributed by atoms with Crippen LogP contribution in [0.2, 0.25) is 0 Å². The van der Waals surface area contributed by atoms with Crippen molar-refractivity contribution < 1.29 is 34.2 Å². The number of carboxylic acid groups (broad SMARTS) is 3. The molecule has 0 saturated carbocycles. The molecule has 37 heavy (non-hydrogen) atoms. The molecule has 0 aliphatic heterocycles. The first-order valence-electron chi connectivity index (χ1n) is 14.7. The minimum absolute atomic E-state index is 0.442. The Balaban J connectivity index is 4.88. The molecule has 0 aromatic heterocycles. The molecule has 0 saturated heterocycles. The smallest absolute Gasteiger partial charge is 0.306 e. The topological polar surface area (TPSA) is 115 Å². The lowest BCUT2D eigenvalue weighted by Gasteiger charge is -2.41. The van der Waals surface area contributed by atoms with E-state index < -0.39 is 35.7 Å². The number of carbonyl (C=O) groups excluding carboxylic acids is 1. The summed E-state index contributed by atoms with van der Waals surface area (Å²) in [4.78, 5) is 34.2. The fourth-order valence-electron chi connectivity index (χ4n) is 4.60. The molecule has 0 aromatic carbocycles. The Morgan fingerprint density at radius 1 is 0.649 bits per heavy atom. The molecule has 0 radical (unpaired) electrons. The normalized spacial score (nSPS) is 15.8. The lowest BCUT2D eigenvalue weighted by atomic mass is 10.0. The summed E-state index contributed by atoms with van der Waals surface area (Å²) in [5, 5.41) is 30.1. The van der Waals surface area contributed by atoms with Crippen LogP contribution in [0, 0.1) is 17.8 Å². The summed E-state index contributed by atoms with van der Waals surface area (Å²) in [7, 11) is 0. The number of rotatable bonds is 25. The molecular formula is C30H55NO6. The van der Waals surface area contributed by atoms with Gasteiger partial charge in [0.05, 0.1) is 38.0 Å². The predicted molar refractivity (Wildman–Crippen MR) is 147 cm³/mol. The van der Waals surface area contributed by atoms with Crippen LogP contribution < -0.4 is 5.11 Å². The standard InChI is InChI=1S/C30H55NO6/c1-5-6-7-8-9-10-11-12-13-14-15-16-17-21-31(22-18-25(2)28(32)33,23-19-26(3)29(34)35)24-20-27(4)30(36)37/h9-10,25-27H,5-8,11-24H2,1-4H3,(H2-,32,33,34,35,36,37)/b10-9+. The largest absolute Gasteiger partial charge is 0.550 e. The van der Waals surface area contributed by atoms with E-state index in [1.165, 1.54) is 44.9 Å². The lowest BCUT2D eigenvalue weighted by Crippen LogP contribution is -2.52. The maximum atomic E-state index is 11.4. The van der Waals surface area contributed by atoms with Gasteiger partial charge in [0.1, 0.15) is 0 Å². The van der Waals surface area contributed by atoms with Gasteiger partial charge in [0.15, 0.2) is 0 Å². The molecule has 2 N–H and O–H groups in total. The molecule has 0 amide bonds. The van der Waals surface area contributed by atoms with E-state index in [2.05, 4.69) is 19.1 Å². The van der Waals surface area contributed by atoms with E-state index in [4.69, 9.17) is 0 Å². The Kier molecular flexibility index (Phi) is 20.0. The number of carbonyl (C=O) groups is 3. The van der Waals surface area contributed by atoms with E-state index in [0.717, 1.165) is 32.2 Å². The fourth-order valence-corrected chi connectivity index (χ4v) is 4.60. The zero-order chi connectivity index (χ0) is 28.1. The minimum Gasteiger partial charge on any atom is -0.550 e. The summed E-state index contributed by atoms with van der Waals surface area (Å²) >= 11 is 0. The summed E-state index contributed by atoms with van der Waals surface area (Å²) in [6.45, 7) is 9.90. The zero-order valence-electron chi connectivity index (χ0n) is 24.1. The summed E-state index contributed by atoms with van der Waals surface area (Å²) in [6, 6.07) is 0. The Hall–Kier alpha value is -1.89. The van der Waals surface area contributed by atoms with E-state index in [1.807, 2.05) is 0 Å². The van der Waals surface area contributed by atoms with Crippen molar-refractivity contribution in [2.24, 2.45) is 17.8 Å². The molecular weight excluding hydrogens is 470 g/mol. The van der Waals surface area contributed by atoms with Gasteiger partial charge in [-0.3, -0.25) is 9.59 Å². The summed E-state index contributed by atoms with van der Waals surface area (Å²) in [5.74, 6) is -4.33. The van der Waals surface area contributed by atoms with Crippen LogP contribution in [0.3, 0.4) is 0 Å². The van der Waals surface area contributed by atoms with Crippen molar-refractivity contribution in [1.82, 2.24) is 0 Å². The highest BCUT2D eigenvalue weighted by atomic mass is 16.4. The molecule has 3 unspecified atom stereocenters. The molecule has 0 aliphatic carbocycles. The number of carboxylic acids is 3. The number of allylic oxidation sites excluding steroid dienone is 2. The van der Waals surface area contributed by atoms with Gasteiger partial charge in [-0.2, -0.15) is 0 Å². The first kappa shape index (κ1) is 35.1. The van der Waals surface area contributed by atoms with Crippen LogP contribution in [0.4, 0.5) is 0 Å². The maximum absolute atomic E-state index is 11.4. The second-order valence-corrected chi connectivity index (χ2v) is 11.2. The van der Waals surface area contributed by atoms with E-state index >= 15 is 0 Å². The van der Waals surface area contributed by atoms with Gasteiger partial charge in [0, 0.05) is 31.1 Å². The van der Waals surface area contributed by atoms with Crippen LogP contribution in [0.5, 0.6) is 0 Å². The molecule has 0 rings (SSSR count). The average molecular weight is 526 g/mol. The predicted octanol–water partition coefficient (Wildman–Crippen LogP) is 5.67. The van der Waals surface area contributed by atoms with E-state index in [9.17, 15) is 29.7 Å². The molecule has 7 nitrogen and oxygen atoms in total. The van der Waals surface area contributed by atoms with Crippen LogP contribution in [0.15, 0.2) is 12.2 Å². The second kappa shape index (κ2) is 21.1. The SMILES string of the molecule is CCCCC/C=C/CCCCCCCC[N+](CCC(C)C(=O)[O-])(CCC(C)C(=O)O)CCC(C)C(=O)O. The Labute approximate surface area is 225 Å². The minimum atomic E-state index is -1.08. The molecule has 0 bridgehead atoms. The summed E-state index contributed by atoms with van der Waals surface area (Å²) in [6.07, 6.45) is 19.0. The third-order valence-electron chi connectivity index (χ3n) is 7.75. The number of unbranched alkanes of at least 4 members (excludes halogenated alkanes) is 9. The van der Waals surface area contributed by atoms with E-state index in [0.29, 0.717) is 43.4 Å². The van der Waals surface area contributed by atoms with Crippen LogP contribution in [-0.4, -0.2) is 58.8 Å². The number of aliphatic carboxylic acids is 3. The number of hydrogen-bond donors (Lipinski definition) is 2. The Bertz CT molecular complexity index is 603. The van der Waals surface area contributed by atoms with Crippen LogP contribution in [-0.2, 0) is 14.4 Å². The van der Waals surface area contributed by atoms with Gasteiger partial charge in [-0.1, -0.05) is 72.0 Å². The molecule has 0 heterocycles. The summed E-state index contributed by atoms with van der Waals surface area (Å²) < 4.78 is 0.579. The highest BCUT2D eigenvalue weighted by Gasteiger charge is 2.30. The van der Waals surface area contributed by atoms with Gasteiger partial charge in [-0.05, 0) is 38.5 Å². The van der Waals surface area contributed by atoms with Crippen molar-refractivity contribution in [2.45, 2.75) is 118 Å². The van der Waals surface area contributed by atoms with Gasteiger partial charge in [0.2, 0.25) is 0 Å². The first-order valence-corrected chi connectivity index (χ1v) is 14.7. The highest BCUT2D eigenvalue weighted by molar-refractivity contribution is 5.69. The van der Waals surface area contributed by atoms with Crippen molar-refractivity contribution in [3.63, 3.8) is 0 Å². The molecule has 216 valence electrons. The van der Waals surface area contributed by atoms with Crippen molar-refractivity contribution in [3.05, 3.63) is 12.2 Å². The molecule has 7 heteroatoms. The van der Waals surface area contributed by atoms with Crippen LogP contribution >= 0.6 is 0 Å². The first-order chi connectivity index (χ1) is 17.5. The monoisotopic (exact) mass is 525 g/mol. The molecule has 0 aliphatic rings. The van der Waals surface area contributed by atoms with Crippen LogP contribution in [0.1, 0.15) is 118 Å². The highest BCUT2D eigenvalue weighted by Crippen LogP contribution is 2.21. The van der Waals surface area contributed by atoms with E-state index in [-0.39, 0.29) is 0 Å². The van der Waals surface area contributed by atoms with Gasteiger partial charge in [-0.25, -0.2) is 0 Å². The summed E-state index contributed by atoms with van der Waals surface area (Å²) in [5.41, 5.74) is 0. The molecule has 3 atom stereocenters. The third kappa shape index (κ3) is 18.1. The molecule has 0 spiro atoms. The second-order valence-electron chi connectivity index (χ2n) is 11.2. The van der Waals surface area contributed by atoms with Crippen molar-refractivity contribution in [3.8, 4) is 0 Å². The van der Waals surface area contributed by atoms with Gasteiger partial charge < -0.3 is 24.6 Å². The van der Waals surface area contributed by atoms with E-state index in [1.54, 1.807) is 20.8 Å². The average Bonchev–Trinajstić information content (AvgIpc) is 2.86. The number of hydrogen-bond acceptors (Lipinski definition) is 4. The van der Waals surface area contributed by atoms with Crippen LogP contribution in [0.25, 0.3) is 0 Å². The van der Waals surface area contributed by atoms with Gasteiger partial charge in [-0.15, -0.1) is 0 Å². The fraction of sp³-hybridized carbons (Fsp3) is 0.833. The number of nitrogens with zero attached hydrogens (tertiary/aromatic N) is 1. The lowest BCUT2D eigenvalue weighted by molar-refractivity contribution is -0.929. The van der Waals surface area contributed by atoms with Gasteiger partial charge >= 0.3 is 11.9 Å². The molecule has 0 fully saturated rings. The zero-order valence-corrected chi connectivity index (χ0v) is 24.1. The third-order valence-corrected chi connectivity index (χ3v) is 7.75. The van der Waals surface area contributed by atoms with Crippen molar-refractivity contribution in [1.29, 1.82) is 0 Å². The quantitative estimate of drug-likeness (QED) is 0.0902. The Morgan fingerprint density at radius 2 is 1.05 bits per heavy atom. The molecule has 0 aromatic rings. The maximum Gasteiger partial charge on any atom is 0.306 e. The number of quaternary nitrogens is 1. The van der Waals surface area contributed by atoms with Gasteiger partial charge in [0.25, 0.3) is 0 Å².